The van der Waals surface area contributed by atoms with Gasteiger partial charge in [-0.25, -0.2) is 0 Å². The highest BCUT2D eigenvalue weighted by atomic mass is 16.5. The van der Waals surface area contributed by atoms with Crippen LogP contribution in [-0.4, -0.2) is 30.3 Å². The third-order valence-corrected chi connectivity index (χ3v) is 3.93. The van der Waals surface area contributed by atoms with Crippen LogP contribution in [0.5, 0.6) is 0 Å². The van der Waals surface area contributed by atoms with Gasteiger partial charge in [-0.1, -0.05) is 60.7 Å². The molecule has 0 radical (unpaired) electrons. The van der Waals surface area contributed by atoms with E-state index in [2.05, 4.69) is 5.32 Å². The molecule has 0 aromatic heterocycles. The van der Waals surface area contributed by atoms with Gasteiger partial charge in [0, 0.05) is 6.42 Å². The minimum Gasteiger partial charge on any atom is -0.456 e. The number of rotatable bonds is 9. The number of nitrogens with one attached hydrogen (secondary N) is 1. The number of benzene rings is 2. The zero-order valence-corrected chi connectivity index (χ0v) is 14.8. The van der Waals surface area contributed by atoms with E-state index in [1.54, 1.807) is 0 Å². The Morgan fingerprint density at radius 3 is 2.08 bits per heavy atom. The molecule has 1 atom stereocenters. The van der Waals surface area contributed by atoms with Crippen molar-refractivity contribution in [3.63, 3.8) is 0 Å². The van der Waals surface area contributed by atoms with E-state index in [-0.39, 0.29) is 18.8 Å². The molecule has 0 aliphatic rings. The van der Waals surface area contributed by atoms with Gasteiger partial charge in [0.15, 0.2) is 12.4 Å². The van der Waals surface area contributed by atoms with Gasteiger partial charge in [0.2, 0.25) is 0 Å². The molecule has 1 N–H and O–H groups in total. The Bertz CT molecular complexity index is 728. The van der Waals surface area contributed by atoms with Gasteiger partial charge in [-0.05, 0) is 30.9 Å². The highest BCUT2D eigenvalue weighted by molar-refractivity contribution is 5.88. The van der Waals surface area contributed by atoms with Gasteiger partial charge in [0.1, 0.15) is 0 Å². The standard InChI is InChI=1S/C21H23NO4/c1-16(23)19(14-18-10-6-3-7-11-18)22-20(24)15-26-21(25)13-12-17-8-4-2-5-9-17/h2-11,19H,12-15H2,1H3,(H,22,24)/t19-/m1/s1. The SMILES string of the molecule is CC(=O)[C@@H](Cc1ccccc1)NC(=O)COC(=O)CCc1ccccc1. The number of ketones is 1. The average molecular weight is 353 g/mol. The first-order valence-electron chi connectivity index (χ1n) is 8.58. The summed E-state index contributed by atoms with van der Waals surface area (Å²) in [6.45, 7) is 1.05. The first kappa shape index (κ1) is 19.4. The van der Waals surface area contributed by atoms with E-state index in [1.165, 1.54) is 6.92 Å². The predicted molar refractivity (Wildman–Crippen MR) is 98.5 cm³/mol. The van der Waals surface area contributed by atoms with Crippen molar-refractivity contribution < 1.29 is 19.1 Å². The first-order chi connectivity index (χ1) is 12.5. The molecule has 5 heteroatoms. The number of ether oxygens (including phenoxy) is 1. The molecule has 0 heterocycles. The summed E-state index contributed by atoms with van der Waals surface area (Å²) >= 11 is 0. The summed E-state index contributed by atoms with van der Waals surface area (Å²) in [7, 11) is 0. The average Bonchev–Trinajstić information content (AvgIpc) is 2.66. The summed E-state index contributed by atoms with van der Waals surface area (Å²) in [5.41, 5.74) is 1.99. The smallest absolute Gasteiger partial charge is 0.306 e. The highest BCUT2D eigenvalue weighted by Crippen LogP contribution is 2.05. The van der Waals surface area contributed by atoms with Crippen LogP contribution < -0.4 is 5.32 Å². The molecule has 0 aliphatic carbocycles. The molecule has 0 fully saturated rings. The number of amides is 1. The van der Waals surface area contributed by atoms with Crippen LogP contribution in [0.3, 0.4) is 0 Å². The van der Waals surface area contributed by atoms with Gasteiger partial charge in [-0.15, -0.1) is 0 Å². The fourth-order valence-electron chi connectivity index (χ4n) is 2.49. The monoisotopic (exact) mass is 353 g/mol. The molecule has 0 aliphatic heterocycles. The first-order valence-corrected chi connectivity index (χ1v) is 8.58. The second kappa shape index (κ2) is 10.1. The molecule has 0 unspecified atom stereocenters. The number of carbonyl (C=O) groups is 3. The molecule has 0 bridgehead atoms. The summed E-state index contributed by atoms with van der Waals surface area (Å²) < 4.78 is 4.99. The molecule has 2 rings (SSSR count). The Balaban J connectivity index is 1.75. The van der Waals surface area contributed by atoms with Crippen LogP contribution >= 0.6 is 0 Å². The van der Waals surface area contributed by atoms with Crippen LogP contribution in [0.25, 0.3) is 0 Å². The predicted octanol–water partition coefficient (Wildman–Crippen LogP) is 2.48. The molecule has 0 spiro atoms. The van der Waals surface area contributed by atoms with E-state index >= 15 is 0 Å². The van der Waals surface area contributed by atoms with Crippen molar-refractivity contribution in [1.29, 1.82) is 0 Å². The molecular weight excluding hydrogens is 330 g/mol. The molecular formula is C21H23NO4. The van der Waals surface area contributed by atoms with Gasteiger partial charge in [-0.3, -0.25) is 14.4 Å². The lowest BCUT2D eigenvalue weighted by Gasteiger charge is -2.16. The Hall–Kier alpha value is -2.95. The maximum absolute atomic E-state index is 12.0. The molecule has 2 aromatic rings. The quantitative estimate of drug-likeness (QED) is 0.703. The van der Waals surface area contributed by atoms with Crippen molar-refractivity contribution in [2.24, 2.45) is 0 Å². The zero-order chi connectivity index (χ0) is 18.8. The lowest BCUT2D eigenvalue weighted by atomic mass is 10.0. The Labute approximate surface area is 153 Å². The summed E-state index contributed by atoms with van der Waals surface area (Å²) in [4.78, 5) is 35.5. The summed E-state index contributed by atoms with van der Waals surface area (Å²) in [5, 5.41) is 2.63. The minimum absolute atomic E-state index is 0.141. The third-order valence-electron chi connectivity index (χ3n) is 3.93. The van der Waals surface area contributed by atoms with E-state index in [1.807, 2.05) is 60.7 Å². The van der Waals surface area contributed by atoms with Crippen LogP contribution in [0, 0.1) is 0 Å². The lowest BCUT2D eigenvalue weighted by molar-refractivity contribution is -0.148. The van der Waals surface area contributed by atoms with Crippen molar-refractivity contribution in [3.8, 4) is 0 Å². The lowest BCUT2D eigenvalue weighted by Crippen LogP contribution is -2.43. The highest BCUT2D eigenvalue weighted by Gasteiger charge is 2.18. The van der Waals surface area contributed by atoms with E-state index in [0.29, 0.717) is 12.8 Å². The van der Waals surface area contributed by atoms with Crippen molar-refractivity contribution >= 4 is 17.7 Å². The Morgan fingerprint density at radius 1 is 0.923 bits per heavy atom. The summed E-state index contributed by atoms with van der Waals surface area (Å²) in [6.07, 6.45) is 1.17. The van der Waals surface area contributed by atoms with Crippen molar-refractivity contribution in [2.45, 2.75) is 32.2 Å². The van der Waals surface area contributed by atoms with E-state index in [9.17, 15) is 14.4 Å². The molecule has 1 amide bonds. The zero-order valence-electron chi connectivity index (χ0n) is 14.8. The van der Waals surface area contributed by atoms with Crippen molar-refractivity contribution in [3.05, 3.63) is 71.8 Å². The van der Waals surface area contributed by atoms with Crippen LogP contribution in [0.15, 0.2) is 60.7 Å². The second-order valence-corrected chi connectivity index (χ2v) is 6.07. The van der Waals surface area contributed by atoms with E-state index in [4.69, 9.17) is 4.74 Å². The van der Waals surface area contributed by atoms with Gasteiger partial charge in [0.05, 0.1) is 6.04 Å². The number of hydrogen-bond donors (Lipinski definition) is 1. The molecule has 0 saturated heterocycles. The van der Waals surface area contributed by atoms with Gasteiger partial charge >= 0.3 is 5.97 Å². The normalized spacial score (nSPS) is 11.4. The van der Waals surface area contributed by atoms with Gasteiger partial charge in [-0.2, -0.15) is 0 Å². The van der Waals surface area contributed by atoms with E-state index in [0.717, 1.165) is 11.1 Å². The molecule has 5 nitrogen and oxygen atoms in total. The third kappa shape index (κ3) is 6.89. The van der Waals surface area contributed by atoms with Crippen LogP contribution in [0.1, 0.15) is 24.5 Å². The summed E-state index contributed by atoms with van der Waals surface area (Å²) in [5.74, 6) is -1.06. The maximum Gasteiger partial charge on any atom is 0.306 e. The van der Waals surface area contributed by atoms with Crippen LogP contribution in [0.4, 0.5) is 0 Å². The molecule has 136 valence electrons. The summed E-state index contributed by atoms with van der Waals surface area (Å²) in [6, 6.07) is 18.4. The molecule has 26 heavy (non-hydrogen) atoms. The number of hydrogen-bond acceptors (Lipinski definition) is 4. The van der Waals surface area contributed by atoms with Gasteiger partial charge < -0.3 is 10.1 Å². The van der Waals surface area contributed by atoms with E-state index < -0.39 is 17.9 Å². The fourth-order valence-corrected chi connectivity index (χ4v) is 2.49. The Morgan fingerprint density at radius 2 is 1.50 bits per heavy atom. The fraction of sp³-hybridized carbons (Fsp3) is 0.286. The maximum atomic E-state index is 12.0. The van der Waals surface area contributed by atoms with Crippen molar-refractivity contribution in [2.75, 3.05) is 6.61 Å². The number of carbonyl (C=O) groups excluding carboxylic acids is 3. The molecule has 0 saturated carbocycles. The van der Waals surface area contributed by atoms with Crippen LogP contribution in [-0.2, 0) is 32.0 Å². The number of esters is 1. The molecule has 2 aromatic carbocycles. The number of Topliss-reactive ketones (excluding diaryl/α,β-unsaturated/α-hetero) is 1. The topological polar surface area (TPSA) is 72.5 Å². The van der Waals surface area contributed by atoms with Gasteiger partial charge in [0.25, 0.3) is 5.91 Å². The minimum atomic E-state index is -0.632. The Kier molecular flexibility index (Phi) is 7.55. The largest absolute Gasteiger partial charge is 0.456 e. The second-order valence-electron chi connectivity index (χ2n) is 6.07. The van der Waals surface area contributed by atoms with Crippen molar-refractivity contribution in [1.82, 2.24) is 5.32 Å². The van der Waals surface area contributed by atoms with Crippen LogP contribution in [0.2, 0.25) is 0 Å². The number of aryl methyl sites for hydroxylation is 1.